The minimum Gasteiger partial charge on any atom is -0.310 e. The van der Waals surface area contributed by atoms with Gasteiger partial charge in [-0.15, -0.1) is 10.2 Å². The van der Waals surface area contributed by atoms with Crippen molar-refractivity contribution in [2.24, 2.45) is 11.8 Å². The molecule has 0 unspecified atom stereocenters. The molecule has 3 aromatic heterocycles. The number of fused-ring (bicyclic) bond motifs is 3. The summed E-state index contributed by atoms with van der Waals surface area (Å²) in [5.41, 5.74) is 4.30. The van der Waals surface area contributed by atoms with Crippen molar-refractivity contribution >= 4 is 28.3 Å². The van der Waals surface area contributed by atoms with Crippen LogP contribution in [0.4, 0.5) is 0 Å². The van der Waals surface area contributed by atoms with E-state index < -0.39 is 0 Å². The summed E-state index contributed by atoms with van der Waals surface area (Å²) in [6, 6.07) is 9.73. The van der Waals surface area contributed by atoms with Crippen LogP contribution in [0.5, 0.6) is 0 Å². The van der Waals surface area contributed by atoms with Gasteiger partial charge in [-0.25, -0.2) is 4.52 Å². The minimum absolute atomic E-state index is 0.0888. The zero-order valence-corrected chi connectivity index (χ0v) is 18.1. The van der Waals surface area contributed by atoms with Gasteiger partial charge in [0.15, 0.2) is 11.2 Å². The lowest BCUT2D eigenvalue weighted by Gasteiger charge is -2.35. The molecule has 1 fully saturated rings. The second-order valence-electron chi connectivity index (χ2n) is 8.50. The van der Waals surface area contributed by atoms with Gasteiger partial charge in [-0.1, -0.05) is 50.4 Å². The highest BCUT2D eigenvalue weighted by molar-refractivity contribution is 6.30. The van der Waals surface area contributed by atoms with Crippen molar-refractivity contribution in [3.8, 4) is 11.1 Å². The largest absolute Gasteiger partial charge is 0.310 e. The smallest absolute Gasteiger partial charge is 0.280 e. The maximum atomic E-state index is 13.3. The van der Waals surface area contributed by atoms with Gasteiger partial charge >= 0.3 is 0 Å². The second kappa shape index (κ2) is 7.20. The number of hydrogen-bond donors (Lipinski definition) is 0. The highest BCUT2D eigenvalue weighted by Gasteiger charge is 2.29. The van der Waals surface area contributed by atoms with Gasteiger partial charge < -0.3 is 4.57 Å². The van der Waals surface area contributed by atoms with Gasteiger partial charge in [0, 0.05) is 17.3 Å². The Morgan fingerprint density at radius 2 is 1.83 bits per heavy atom. The van der Waals surface area contributed by atoms with E-state index >= 15 is 0 Å². The van der Waals surface area contributed by atoms with Gasteiger partial charge in [0.2, 0.25) is 0 Å². The van der Waals surface area contributed by atoms with Crippen molar-refractivity contribution < 1.29 is 0 Å². The Bertz CT molecular complexity index is 1310. The molecule has 3 heterocycles. The molecule has 1 aliphatic rings. The third-order valence-electron chi connectivity index (χ3n) is 6.74. The molecule has 0 aliphatic heterocycles. The molecule has 3 atom stereocenters. The highest BCUT2D eigenvalue weighted by atomic mass is 35.5. The van der Waals surface area contributed by atoms with Crippen molar-refractivity contribution in [1.29, 1.82) is 0 Å². The predicted octanol–water partition coefficient (Wildman–Crippen LogP) is 5.07. The summed E-state index contributed by atoms with van der Waals surface area (Å²) in [6.07, 6.45) is 5.30. The second-order valence-corrected chi connectivity index (χ2v) is 8.94. The van der Waals surface area contributed by atoms with Crippen LogP contribution in [0.3, 0.4) is 0 Å². The van der Waals surface area contributed by atoms with E-state index in [1.807, 2.05) is 48.0 Å². The van der Waals surface area contributed by atoms with Crippen LogP contribution in [-0.2, 0) is 0 Å². The van der Waals surface area contributed by atoms with Crippen LogP contribution < -0.4 is 5.56 Å². The van der Waals surface area contributed by atoms with Crippen LogP contribution in [0.25, 0.3) is 27.8 Å². The molecule has 154 valence electrons. The molecule has 5 rings (SSSR count). The van der Waals surface area contributed by atoms with Gasteiger partial charge in [-0.2, -0.15) is 5.10 Å². The molecule has 1 aromatic carbocycles. The monoisotopic (exact) mass is 421 g/mol. The quantitative estimate of drug-likeness (QED) is 0.453. The van der Waals surface area contributed by atoms with Crippen LogP contribution in [-0.4, -0.2) is 24.4 Å². The Morgan fingerprint density at radius 3 is 2.60 bits per heavy atom. The predicted molar refractivity (Wildman–Crippen MR) is 119 cm³/mol. The van der Waals surface area contributed by atoms with E-state index in [0.29, 0.717) is 33.5 Å². The number of rotatable bonds is 2. The molecule has 0 bridgehead atoms. The first-order chi connectivity index (χ1) is 14.5. The molecule has 0 N–H and O–H groups in total. The summed E-state index contributed by atoms with van der Waals surface area (Å²) >= 11 is 6.04. The Labute approximate surface area is 179 Å². The third-order valence-corrected chi connectivity index (χ3v) is 6.99. The van der Waals surface area contributed by atoms with E-state index in [1.54, 1.807) is 4.52 Å². The van der Waals surface area contributed by atoms with E-state index in [4.69, 9.17) is 11.6 Å². The molecule has 30 heavy (non-hydrogen) atoms. The topological polar surface area (TPSA) is 65.1 Å². The molecule has 0 saturated heterocycles. The molecule has 0 spiro atoms. The molecule has 1 aliphatic carbocycles. The SMILES string of the molecule is Cc1nn2c(nnc3c(=O)n([C@@H]4CCC[C@@H](C)[C@@H]4C)ccc32)c1-c1ccc(Cl)cc1. The van der Waals surface area contributed by atoms with Crippen molar-refractivity contribution in [1.82, 2.24) is 24.4 Å². The van der Waals surface area contributed by atoms with Crippen LogP contribution in [0.15, 0.2) is 41.3 Å². The van der Waals surface area contributed by atoms with Crippen molar-refractivity contribution in [3.63, 3.8) is 0 Å². The Balaban J connectivity index is 1.68. The Morgan fingerprint density at radius 1 is 1.07 bits per heavy atom. The third kappa shape index (κ3) is 2.93. The first kappa shape index (κ1) is 19.2. The fourth-order valence-corrected chi connectivity index (χ4v) is 4.96. The van der Waals surface area contributed by atoms with E-state index in [9.17, 15) is 4.79 Å². The highest BCUT2D eigenvalue weighted by Crippen LogP contribution is 2.37. The van der Waals surface area contributed by atoms with Gasteiger partial charge in [-0.3, -0.25) is 4.79 Å². The summed E-state index contributed by atoms with van der Waals surface area (Å²) in [4.78, 5) is 13.3. The Hall–Kier alpha value is -2.73. The van der Waals surface area contributed by atoms with E-state index in [-0.39, 0.29) is 11.6 Å². The van der Waals surface area contributed by atoms with Crippen LogP contribution in [0.2, 0.25) is 5.02 Å². The summed E-state index contributed by atoms with van der Waals surface area (Å²) in [5, 5.41) is 14.1. The molecule has 6 nitrogen and oxygen atoms in total. The van der Waals surface area contributed by atoms with Crippen LogP contribution in [0.1, 0.15) is 44.8 Å². The van der Waals surface area contributed by atoms with E-state index in [2.05, 4.69) is 29.1 Å². The molecular formula is C23H24ClN5O. The average molecular weight is 422 g/mol. The number of pyridine rings is 1. The van der Waals surface area contributed by atoms with E-state index in [1.165, 1.54) is 6.42 Å². The number of hydrogen-bond acceptors (Lipinski definition) is 4. The average Bonchev–Trinajstić information content (AvgIpc) is 3.08. The maximum absolute atomic E-state index is 13.3. The fraction of sp³-hybridized carbons (Fsp3) is 0.391. The number of halogens is 1. The van der Waals surface area contributed by atoms with Crippen molar-refractivity contribution in [2.75, 3.05) is 0 Å². The standard InChI is InChI=1S/C23H24ClN5O/c1-13-5-4-6-18(14(13)2)28-12-11-19-21(23(28)30)25-26-22-20(15(3)27-29(19)22)16-7-9-17(24)10-8-16/h7-14,18H,4-6H2,1-3H3/t13-,14+,18-/m1/s1. The lowest BCUT2D eigenvalue weighted by Crippen LogP contribution is -2.34. The lowest BCUT2D eigenvalue weighted by molar-refractivity contribution is 0.183. The molecular weight excluding hydrogens is 398 g/mol. The fourth-order valence-electron chi connectivity index (χ4n) is 4.83. The normalized spacial score (nSPS) is 22.1. The molecule has 0 amide bonds. The van der Waals surface area contributed by atoms with Crippen LogP contribution in [0, 0.1) is 18.8 Å². The summed E-state index contributed by atoms with van der Waals surface area (Å²) < 4.78 is 3.60. The summed E-state index contributed by atoms with van der Waals surface area (Å²) in [6.45, 7) is 6.46. The summed E-state index contributed by atoms with van der Waals surface area (Å²) in [7, 11) is 0. The van der Waals surface area contributed by atoms with Gasteiger partial charge in [0.25, 0.3) is 5.56 Å². The van der Waals surface area contributed by atoms with Crippen molar-refractivity contribution in [2.45, 2.75) is 46.1 Å². The van der Waals surface area contributed by atoms with Gasteiger partial charge in [0.1, 0.15) is 5.52 Å². The lowest BCUT2D eigenvalue weighted by atomic mass is 9.78. The molecule has 0 radical (unpaired) electrons. The summed E-state index contributed by atoms with van der Waals surface area (Å²) in [5.74, 6) is 1.06. The van der Waals surface area contributed by atoms with Crippen molar-refractivity contribution in [3.05, 3.63) is 57.6 Å². The number of benzene rings is 1. The number of nitrogens with zero attached hydrogens (tertiary/aromatic N) is 5. The molecule has 4 aromatic rings. The number of aryl methyl sites for hydroxylation is 1. The van der Waals surface area contributed by atoms with E-state index in [0.717, 1.165) is 29.7 Å². The zero-order valence-electron chi connectivity index (χ0n) is 17.3. The Kier molecular flexibility index (Phi) is 4.62. The first-order valence-electron chi connectivity index (χ1n) is 10.5. The zero-order chi connectivity index (χ0) is 21.0. The first-order valence-corrected chi connectivity index (χ1v) is 10.9. The van der Waals surface area contributed by atoms with Gasteiger partial charge in [0.05, 0.1) is 11.3 Å². The molecule has 1 saturated carbocycles. The van der Waals surface area contributed by atoms with Gasteiger partial charge in [-0.05, 0) is 48.9 Å². The van der Waals surface area contributed by atoms with Crippen LogP contribution >= 0.6 is 11.6 Å². The number of aromatic nitrogens is 5. The maximum Gasteiger partial charge on any atom is 0.280 e. The molecule has 7 heteroatoms. The minimum atomic E-state index is -0.0888.